The van der Waals surface area contributed by atoms with Crippen LogP contribution in [0.4, 0.5) is 0 Å². The Morgan fingerprint density at radius 3 is 2.07 bits per heavy atom. The number of aliphatic hydroxyl groups excluding tert-OH is 3. The van der Waals surface area contributed by atoms with Crippen molar-refractivity contribution in [3.8, 4) is 0 Å². The lowest BCUT2D eigenvalue weighted by Crippen LogP contribution is -2.64. The average Bonchev–Trinajstić information content (AvgIpc) is 2.11. The zero-order chi connectivity index (χ0) is 11.1. The van der Waals surface area contributed by atoms with Crippen LogP contribution in [0.3, 0.4) is 0 Å². The van der Waals surface area contributed by atoms with Gasteiger partial charge in [0.2, 0.25) is 0 Å². The first kappa shape index (κ1) is 11.9. The third-order valence-electron chi connectivity index (χ3n) is 3.33. The highest BCUT2D eigenvalue weighted by atomic mass is 16.5. The fourth-order valence-electron chi connectivity index (χ4n) is 1.82. The molecule has 1 aliphatic heterocycles. The van der Waals surface area contributed by atoms with E-state index in [4.69, 9.17) is 4.74 Å². The summed E-state index contributed by atoms with van der Waals surface area (Å²) < 4.78 is 5.57. The molecule has 4 nitrogen and oxygen atoms in total. The largest absolute Gasteiger partial charge is 0.388 e. The van der Waals surface area contributed by atoms with Crippen molar-refractivity contribution in [2.75, 3.05) is 0 Å². The first-order valence-corrected chi connectivity index (χ1v) is 5.02. The lowest BCUT2D eigenvalue weighted by Gasteiger charge is -2.48. The molecule has 3 unspecified atom stereocenters. The van der Waals surface area contributed by atoms with Gasteiger partial charge in [-0.05, 0) is 19.8 Å². The molecule has 14 heavy (non-hydrogen) atoms. The van der Waals surface area contributed by atoms with Crippen LogP contribution in [0, 0.1) is 5.92 Å². The Hall–Kier alpha value is -0.160. The standard InChI is InChI=1S/C10H20O4/c1-5(2)10(4)9(13)8(12)7(11)6(3)14-10/h5-9,11-13H,1-4H3/t6?,7-,8?,9?,10+/m0/s1. The van der Waals surface area contributed by atoms with Crippen LogP contribution >= 0.6 is 0 Å². The maximum atomic E-state index is 9.82. The van der Waals surface area contributed by atoms with Crippen molar-refractivity contribution in [2.45, 2.75) is 57.7 Å². The molecule has 0 bridgehead atoms. The van der Waals surface area contributed by atoms with Crippen molar-refractivity contribution in [1.82, 2.24) is 0 Å². The molecule has 84 valence electrons. The lowest BCUT2D eigenvalue weighted by atomic mass is 9.79. The Balaban J connectivity index is 2.90. The Kier molecular flexibility index (Phi) is 3.21. The summed E-state index contributed by atoms with van der Waals surface area (Å²) in [4.78, 5) is 0. The van der Waals surface area contributed by atoms with Gasteiger partial charge < -0.3 is 20.1 Å². The zero-order valence-corrected chi connectivity index (χ0v) is 9.14. The van der Waals surface area contributed by atoms with Crippen LogP contribution < -0.4 is 0 Å². The minimum Gasteiger partial charge on any atom is -0.388 e. The second kappa shape index (κ2) is 3.77. The second-order valence-electron chi connectivity index (χ2n) is 4.59. The molecule has 1 rings (SSSR count). The lowest BCUT2D eigenvalue weighted by molar-refractivity contribution is -0.270. The van der Waals surface area contributed by atoms with Gasteiger partial charge in [-0.3, -0.25) is 0 Å². The van der Waals surface area contributed by atoms with Gasteiger partial charge in [-0.25, -0.2) is 0 Å². The van der Waals surface area contributed by atoms with Crippen molar-refractivity contribution >= 4 is 0 Å². The zero-order valence-electron chi connectivity index (χ0n) is 9.14. The van der Waals surface area contributed by atoms with E-state index in [2.05, 4.69) is 0 Å². The molecule has 0 aromatic rings. The third kappa shape index (κ3) is 1.67. The number of aliphatic hydroxyl groups is 3. The van der Waals surface area contributed by atoms with Gasteiger partial charge in [0.05, 0.1) is 11.7 Å². The average molecular weight is 204 g/mol. The normalized spacial score (nSPS) is 49.7. The maximum absolute atomic E-state index is 9.82. The van der Waals surface area contributed by atoms with E-state index in [1.165, 1.54) is 0 Å². The van der Waals surface area contributed by atoms with Crippen LogP contribution in [-0.4, -0.2) is 45.3 Å². The van der Waals surface area contributed by atoms with E-state index in [-0.39, 0.29) is 5.92 Å². The van der Waals surface area contributed by atoms with Gasteiger partial charge in [0.25, 0.3) is 0 Å². The van der Waals surface area contributed by atoms with Crippen molar-refractivity contribution in [2.24, 2.45) is 5.92 Å². The second-order valence-corrected chi connectivity index (χ2v) is 4.59. The van der Waals surface area contributed by atoms with Crippen molar-refractivity contribution in [3.63, 3.8) is 0 Å². The maximum Gasteiger partial charge on any atom is 0.111 e. The molecule has 0 spiro atoms. The molecule has 0 radical (unpaired) electrons. The van der Waals surface area contributed by atoms with Crippen molar-refractivity contribution in [3.05, 3.63) is 0 Å². The van der Waals surface area contributed by atoms with Crippen molar-refractivity contribution < 1.29 is 20.1 Å². The Bertz CT molecular complexity index is 206. The molecule has 0 aliphatic carbocycles. The summed E-state index contributed by atoms with van der Waals surface area (Å²) in [7, 11) is 0. The molecular formula is C10H20O4. The molecule has 0 amide bonds. The van der Waals surface area contributed by atoms with Gasteiger partial charge in [0.1, 0.15) is 18.3 Å². The SMILES string of the molecule is CC1O[C@](C)(C(C)C)C(O)C(O)[C@H]1O. The topological polar surface area (TPSA) is 69.9 Å². The van der Waals surface area contributed by atoms with E-state index in [0.29, 0.717) is 0 Å². The molecule has 3 N–H and O–H groups in total. The van der Waals surface area contributed by atoms with Gasteiger partial charge in [0, 0.05) is 0 Å². The highest BCUT2D eigenvalue weighted by Gasteiger charge is 2.50. The molecule has 0 aromatic heterocycles. The van der Waals surface area contributed by atoms with E-state index in [1.54, 1.807) is 13.8 Å². The molecule has 1 fully saturated rings. The highest BCUT2D eigenvalue weighted by molar-refractivity contribution is 4.99. The van der Waals surface area contributed by atoms with E-state index < -0.39 is 30.0 Å². The van der Waals surface area contributed by atoms with Gasteiger partial charge in [-0.2, -0.15) is 0 Å². The summed E-state index contributed by atoms with van der Waals surface area (Å²) in [6.07, 6.45) is -3.66. The first-order chi connectivity index (χ1) is 6.30. The predicted molar refractivity (Wildman–Crippen MR) is 51.8 cm³/mol. The summed E-state index contributed by atoms with van der Waals surface area (Å²) in [6, 6.07) is 0. The summed E-state index contributed by atoms with van der Waals surface area (Å²) in [5, 5.41) is 28.9. The minimum absolute atomic E-state index is 0.0714. The number of ether oxygens (including phenoxy) is 1. The number of hydrogen-bond donors (Lipinski definition) is 3. The summed E-state index contributed by atoms with van der Waals surface area (Å²) in [5.74, 6) is 0.0714. The molecule has 0 aromatic carbocycles. The van der Waals surface area contributed by atoms with Crippen molar-refractivity contribution in [1.29, 1.82) is 0 Å². The molecule has 1 aliphatic rings. The summed E-state index contributed by atoms with van der Waals surface area (Å²) in [5.41, 5.74) is -0.794. The van der Waals surface area contributed by atoms with Gasteiger partial charge in [0.15, 0.2) is 0 Å². The molecule has 0 saturated carbocycles. The first-order valence-electron chi connectivity index (χ1n) is 5.02. The monoisotopic (exact) mass is 204 g/mol. The summed E-state index contributed by atoms with van der Waals surface area (Å²) in [6.45, 7) is 7.29. The van der Waals surface area contributed by atoms with Crippen LogP contribution in [0.1, 0.15) is 27.7 Å². The summed E-state index contributed by atoms with van der Waals surface area (Å²) >= 11 is 0. The predicted octanol–water partition coefficient (Wildman–Crippen LogP) is -0.0975. The van der Waals surface area contributed by atoms with Gasteiger partial charge in [-0.1, -0.05) is 13.8 Å². The van der Waals surface area contributed by atoms with Crippen LogP contribution in [0.5, 0.6) is 0 Å². The van der Waals surface area contributed by atoms with Crippen LogP contribution in [-0.2, 0) is 4.74 Å². The van der Waals surface area contributed by atoms with Crippen LogP contribution in [0.15, 0.2) is 0 Å². The van der Waals surface area contributed by atoms with E-state index in [0.717, 1.165) is 0 Å². The fraction of sp³-hybridized carbons (Fsp3) is 1.00. The molecular weight excluding hydrogens is 184 g/mol. The minimum atomic E-state index is -1.13. The molecule has 4 heteroatoms. The van der Waals surface area contributed by atoms with Crippen LogP contribution in [0.2, 0.25) is 0 Å². The van der Waals surface area contributed by atoms with Gasteiger partial charge >= 0.3 is 0 Å². The number of hydrogen-bond acceptors (Lipinski definition) is 4. The molecule has 5 atom stereocenters. The smallest absolute Gasteiger partial charge is 0.111 e. The van der Waals surface area contributed by atoms with E-state index >= 15 is 0 Å². The molecule has 1 heterocycles. The third-order valence-corrected chi connectivity index (χ3v) is 3.33. The van der Waals surface area contributed by atoms with E-state index in [1.807, 2.05) is 13.8 Å². The van der Waals surface area contributed by atoms with E-state index in [9.17, 15) is 15.3 Å². The quantitative estimate of drug-likeness (QED) is 0.558. The van der Waals surface area contributed by atoms with Gasteiger partial charge in [-0.15, -0.1) is 0 Å². The molecule has 1 saturated heterocycles. The Labute approximate surface area is 84.5 Å². The number of rotatable bonds is 1. The fourth-order valence-corrected chi connectivity index (χ4v) is 1.82. The highest BCUT2D eigenvalue weighted by Crippen LogP contribution is 2.35. The Morgan fingerprint density at radius 1 is 1.14 bits per heavy atom. The Morgan fingerprint density at radius 2 is 1.64 bits per heavy atom. The van der Waals surface area contributed by atoms with Crippen LogP contribution in [0.25, 0.3) is 0 Å².